The van der Waals surface area contributed by atoms with Crippen LogP contribution in [0.25, 0.3) is 0 Å². The van der Waals surface area contributed by atoms with Gasteiger partial charge in [-0.25, -0.2) is 4.79 Å². The number of hydrogen-bond donors (Lipinski definition) is 2. The summed E-state index contributed by atoms with van der Waals surface area (Å²) in [6.07, 6.45) is 3.61. The molecule has 0 aromatic carbocycles. The molecule has 0 bridgehead atoms. The molecule has 0 aliphatic heterocycles. The average Bonchev–Trinajstić information content (AvgIpc) is 2.60. The number of carbonyl (C=O) groups is 1. The summed E-state index contributed by atoms with van der Waals surface area (Å²) < 4.78 is 5.06. The maximum absolute atomic E-state index is 10.7. The Labute approximate surface area is 82.9 Å². The molecule has 1 heterocycles. The molecule has 1 rings (SSSR count). The van der Waals surface area contributed by atoms with Gasteiger partial charge in [0.15, 0.2) is 0 Å². The largest absolute Gasteiger partial charge is 0.478 e. The van der Waals surface area contributed by atoms with Crippen LogP contribution >= 0.6 is 0 Å². The first kappa shape index (κ1) is 10.8. The Balaban J connectivity index is 2.42. The minimum atomic E-state index is -0.939. The van der Waals surface area contributed by atoms with Crippen molar-refractivity contribution in [2.24, 2.45) is 0 Å². The summed E-state index contributed by atoms with van der Waals surface area (Å²) in [6.45, 7) is 3.47. The second kappa shape index (κ2) is 5.44. The normalized spacial score (nSPS) is 10.4. The van der Waals surface area contributed by atoms with E-state index < -0.39 is 5.97 Å². The molecular formula is C10H15NO3. The van der Waals surface area contributed by atoms with Gasteiger partial charge in [-0.15, -0.1) is 0 Å². The Hall–Kier alpha value is -1.29. The summed E-state index contributed by atoms with van der Waals surface area (Å²) in [4.78, 5) is 10.7. The van der Waals surface area contributed by atoms with Gasteiger partial charge in [0, 0.05) is 0 Å². The Morgan fingerprint density at radius 1 is 1.64 bits per heavy atom. The van der Waals surface area contributed by atoms with Gasteiger partial charge in [0.2, 0.25) is 0 Å². The van der Waals surface area contributed by atoms with Crippen LogP contribution in [0.5, 0.6) is 0 Å². The third-order valence-corrected chi connectivity index (χ3v) is 1.97. The van der Waals surface area contributed by atoms with Gasteiger partial charge < -0.3 is 14.8 Å². The Morgan fingerprint density at radius 3 is 3.07 bits per heavy atom. The van der Waals surface area contributed by atoms with Gasteiger partial charge in [-0.1, -0.05) is 13.3 Å². The molecule has 1 aromatic rings. The van der Waals surface area contributed by atoms with E-state index in [9.17, 15) is 4.79 Å². The zero-order valence-electron chi connectivity index (χ0n) is 8.25. The molecule has 0 spiro atoms. The summed E-state index contributed by atoms with van der Waals surface area (Å²) in [6, 6.07) is 1.47. The maximum Gasteiger partial charge on any atom is 0.339 e. The lowest BCUT2D eigenvalue weighted by atomic mass is 10.2. The van der Waals surface area contributed by atoms with E-state index in [1.165, 1.54) is 12.3 Å². The summed E-state index contributed by atoms with van der Waals surface area (Å²) in [5.74, 6) is -0.445. The number of aromatic carboxylic acids is 1. The highest BCUT2D eigenvalue weighted by Crippen LogP contribution is 2.09. The fourth-order valence-electron chi connectivity index (χ4n) is 1.17. The predicted molar refractivity (Wildman–Crippen MR) is 52.3 cm³/mol. The van der Waals surface area contributed by atoms with Crippen molar-refractivity contribution in [2.75, 3.05) is 6.54 Å². The van der Waals surface area contributed by atoms with Crippen molar-refractivity contribution in [1.82, 2.24) is 5.32 Å². The van der Waals surface area contributed by atoms with Gasteiger partial charge in [-0.05, 0) is 19.0 Å². The van der Waals surface area contributed by atoms with Crippen molar-refractivity contribution in [2.45, 2.75) is 26.3 Å². The van der Waals surface area contributed by atoms with Gasteiger partial charge in [0.25, 0.3) is 0 Å². The van der Waals surface area contributed by atoms with Crippen molar-refractivity contribution in [3.63, 3.8) is 0 Å². The maximum atomic E-state index is 10.7. The van der Waals surface area contributed by atoms with Crippen LogP contribution in [0.3, 0.4) is 0 Å². The molecule has 0 radical (unpaired) electrons. The van der Waals surface area contributed by atoms with Crippen LogP contribution in [-0.4, -0.2) is 17.6 Å². The summed E-state index contributed by atoms with van der Waals surface area (Å²) >= 11 is 0. The molecule has 14 heavy (non-hydrogen) atoms. The molecule has 2 N–H and O–H groups in total. The van der Waals surface area contributed by atoms with E-state index in [0.29, 0.717) is 12.3 Å². The van der Waals surface area contributed by atoms with E-state index in [2.05, 4.69) is 12.2 Å². The number of hydrogen-bond acceptors (Lipinski definition) is 3. The smallest absolute Gasteiger partial charge is 0.339 e. The Morgan fingerprint density at radius 2 is 2.43 bits per heavy atom. The second-order valence-corrected chi connectivity index (χ2v) is 3.09. The fraction of sp³-hybridized carbons (Fsp3) is 0.500. The highest BCUT2D eigenvalue weighted by atomic mass is 16.4. The van der Waals surface area contributed by atoms with Crippen LogP contribution in [0.15, 0.2) is 16.7 Å². The lowest BCUT2D eigenvalue weighted by Crippen LogP contribution is -2.15. The van der Waals surface area contributed by atoms with Crippen molar-refractivity contribution in [1.29, 1.82) is 0 Å². The zero-order chi connectivity index (χ0) is 10.4. The predicted octanol–water partition coefficient (Wildman–Crippen LogP) is 1.87. The third-order valence-electron chi connectivity index (χ3n) is 1.97. The molecule has 0 saturated carbocycles. The Kier molecular flexibility index (Phi) is 4.19. The number of carboxylic acids is 1. The van der Waals surface area contributed by atoms with Gasteiger partial charge in [0.05, 0.1) is 12.8 Å². The number of furan rings is 1. The van der Waals surface area contributed by atoms with Gasteiger partial charge in [0.1, 0.15) is 11.3 Å². The molecule has 0 amide bonds. The molecule has 0 aliphatic rings. The van der Waals surface area contributed by atoms with Crippen molar-refractivity contribution in [3.05, 3.63) is 23.7 Å². The van der Waals surface area contributed by atoms with E-state index in [1.807, 2.05) is 0 Å². The molecule has 1 aromatic heterocycles. The molecule has 4 nitrogen and oxygen atoms in total. The van der Waals surface area contributed by atoms with E-state index in [0.717, 1.165) is 19.4 Å². The third kappa shape index (κ3) is 2.88. The number of unbranched alkanes of at least 4 members (excludes halogenated alkanes) is 1. The van der Waals surface area contributed by atoms with Crippen molar-refractivity contribution in [3.8, 4) is 0 Å². The lowest BCUT2D eigenvalue weighted by Gasteiger charge is -2.01. The summed E-state index contributed by atoms with van der Waals surface area (Å²) in [5.41, 5.74) is 0.244. The lowest BCUT2D eigenvalue weighted by molar-refractivity contribution is 0.0694. The highest BCUT2D eigenvalue weighted by molar-refractivity contribution is 5.88. The van der Waals surface area contributed by atoms with E-state index in [-0.39, 0.29) is 5.56 Å². The standard InChI is InChI=1S/C10H15NO3/c1-2-3-5-11-7-9-8(10(12)13)4-6-14-9/h4,6,11H,2-3,5,7H2,1H3,(H,12,13). The molecule has 0 fully saturated rings. The fourth-order valence-corrected chi connectivity index (χ4v) is 1.17. The first-order valence-electron chi connectivity index (χ1n) is 4.76. The van der Waals surface area contributed by atoms with Gasteiger partial charge in [-0.2, -0.15) is 0 Å². The van der Waals surface area contributed by atoms with E-state index >= 15 is 0 Å². The van der Waals surface area contributed by atoms with Gasteiger partial charge >= 0.3 is 5.97 Å². The average molecular weight is 197 g/mol. The van der Waals surface area contributed by atoms with Crippen LogP contribution in [0.1, 0.15) is 35.9 Å². The molecule has 0 saturated heterocycles. The van der Waals surface area contributed by atoms with Crippen LogP contribution in [0.4, 0.5) is 0 Å². The van der Waals surface area contributed by atoms with Gasteiger partial charge in [-0.3, -0.25) is 0 Å². The second-order valence-electron chi connectivity index (χ2n) is 3.09. The van der Waals surface area contributed by atoms with E-state index in [4.69, 9.17) is 9.52 Å². The topological polar surface area (TPSA) is 62.5 Å². The highest BCUT2D eigenvalue weighted by Gasteiger charge is 2.11. The quantitative estimate of drug-likeness (QED) is 0.683. The molecule has 0 unspecified atom stereocenters. The van der Waals surface area contributed by atoms with E-state index in [1.54, 1.807) is 0 Å². The summed E-state index contributed by atoms with van der Waals surface area (Å²) in [7, 11) is 0. The van der Waals surface area contributed by atoms with Crippen molar-refractivity contribution < 1.29 is 14.3 Å². The minimum absolute atomic E-state index is 0.244. The first-order valence-corrected chi connectivity index (χ1v) is 4.76. The monoisotopic (exact) mass is 197 g/mol. The SMILES string of the molecule is CCCCNCc1occc1C(=O)O. The van der Waals surface area contributed by atoms with Crippen LogP contribution in [-0.2, 0) is 6.54 Å². The number of rotatable bonds is 6. The Bertz CT molecular complexity index is 293. The molecule has 0 aliphatic carbocycles. The number of nitrogens with one attached hydrogen (secondary N) is 1. The van der Waals surface area contributed by atoms with Crippen molar-refractivity contribution >= 4 is 5.97 Å². The number of carboxylic acid groups (broad SMARTS) is 1. The van der Waals surface area contributed by atoms with Crippen LogP contribution in [0.2, 0.25) is 0 Å². The summed E-state index contributed by atoms with van der Waals surface area (Å²) in [5, 5.41) is 11.9. The van der Waals surface area contributed by atoms with Crippen LogP contribution in [0, 0.1) is 0 Å². The molecule has 0 atom stereocenters. The minimum Gasteiger partial charge on any atom is -0.478 e. The molecular weight excluding hydrogens is 182 g/mol. The molecule has 78 valence electrons. The molecule has 4 heteroatoms. The zero-order valence-corrected chi connectivity index (χ0v) is 8.25. The van der Waals surface area contributed by atoms with Crippen LogP contribution < -0.4 is 5.32 Å². The first-order chi connectivity index (χ1) is 6.75.